The van der Waals surface area contributed by atoms with Gasteiger partial charge < -0.3 is 8.83 Å². The molecule has 242 valence electrons. The first-order valence-electron chi connectivity index (χ1n) is 17.3. The van der Waals surface area contributed by atoms with E-state index >= 15 is 0 Å². The van der Waals surface area contributed by atoms with Crippen LogP contribution in [0.5, 0.6) is 0 Å². The number of fused-ring (bicyclic) bond motifs is 9. The monoisotopic (exact) mass is 665 g/mol. The van der Waals surface area contributed by atoms with Crippen LogP contribution in [0, 0.1) is 0 Å². The van der Waals surface area contributed by atoms with Gasteiger partial charge in [-0.1, -0.05) is 127 Å². The third kappa shape index (κ3) is 4.46. The van der Waals surface area contributed by atoms with Crippen molar-refractivity contribution in [2.24, 2.45) is 0 Å². The Morgan fingerprint density at radius 3 is 1.63 bits per heavy atom. The first-order valence-corrected chi connectivity index (χ1v) is 17.3. The van der Waals surface area contributed by atoms with E-state index in [1.165, 1.54) is 5.56 Å². The summed E-state index contributed by atoms with van der Waals surface area (Å²) in [6.45, 7) is 0. The summed E-state index contributed by atoms with van der Waals surface area (Å²) in [4.78, 5) is 15.8. The third-order valence-corrected chi connectivity index (χ3v) is 10.1. The van der Waals surface area contributed by atoms with Gasteiger partial charge in [-0.2, -0.15) is 0 Å². The van der Waals surface area contributed by atoms with Crippen LogP contribution in [0.2, 0.25) is 0 Å². The highest BCUT2D eigenvalue weighted by Crippen LogP contribution is 2.41. The fourth-order valence-electron chi connectivity index (χ4n) is 7.68. The number of aromatic nitrogens is 3. The third-order valence-electron chi connectivity index (χ3n) is 10.1. The van der Waals surface area contributed by atoms with Gasteiger partial charge in [-0.25, -0.2) is 15.0 Å². The molecule has 5 heteroatoms. The van der Waals surface area contributed by atoms with Crippen molar-refractivity contribution in [3.05, 3.63) is 164 Å². The molecule has 11 aromatic rings. The molecule has 5 nitrogen and oxygen atoms in total. The van der Waals surface area contributed by atoms with Gasteiger partial charge in [-0.3, -0.25) is 0 Å². The summed E-state index contributed by atoms with van der Waals surface area (Å²) in [5.74, 6) is 1.76. The van der Waals surface area contributed by atoms with Gasteiger partial charge >= 0.3 is 0 Å². The molecule has 11 rings (SSSR count). The van der Waals surface area contributed by atoms with E-state index in [2.05, 4.69) is 115 Å². The SMILES string of the molecule is c1ccc(-c2ccc3ccc(-c4nc(-c5cccc6oc7ccccc7c56)nc(-c5cccc6ccc7oc8ccccc8c7c56)n4)cc3c2)cc1. The van der Waals surface area contributed by atoms with Gasteiger partial charge in [-0.05, 0) is 63.7 Å². The van der Waals surface area contributed by atoms with Crippen molar-refractivity contribution in [1.82, 2.24) is 15.0 Å². The van der Waals surface area contributed by atoms with Crippen LogP contribution in [0.4, 0.5) is 0 Å². The Morgan fingerprint density at radius 1 is 0.308 bits per heavy atom. The minimum absolute atomic E-state index is 0.580. The predicted molar refractivity (Wildman–Crippen MR) is 211 cm³/mol. The molecule has 0 bridgehead atoms. The summed E-state index contributed by atoms with van der Waals surface area (Å²) in [5.41, 5.74) is 8.34. The van der Waals surface area contributed by atoms with Crippen LogP contribution in [0.15, 0.2) is 173 Å². The van der Waals surface area contributed by atoms with Gasteiger partial charge in [-0.15, -0.1) is 0 Å². The van der Waals surface area contributed by atoms with Crippen LogP contribution >= 0.6 is 0 Å². The van der Waals surface area contributed by atoms with E-state index in [-0.39, 0.29) is 0 Å². The lowest BCUT2D eigenvalue weighted by Gasteiger charge is -2.12. The Balaban J connectivity index is 1.20. The summed E-state index contributed by atoms with van der Waals surface area (Å²) < 4.78 is 12.6. The summed E-state index contributed by atoms with van der Waals surface area (Å²) in [6, 6.07) is 56.3. The zero-order chi connectivity index (χ0) is 34.2. The first kappa shape index (κ1) is 28.7. The second kappa shape index (κ2) is 11.2. The second-order valence-electron chi connectivity index (χ2n) is 13.2. The van der Waals surface area contributed by atoms with Crippen molar-refractivity contribution >= 4 is 65.4 Å². The van der Waals surface area contributed by atoms with Gasteiger partial charge in [0.15, 0.2) is 17.5 Å². The molecule has 3 aromatic heterocycles. The largest absolute Gasteiger partial charge is 0.456 e. The maximum absolute atomic E-state index is 6.34. The summed E-state index contributed by atoms with van der Waals surface area (Å²) in [7, 11) is 0. The van der Waals surface area contributed by atoms with Crippen molar-refractivity contribution < 1.29 is 8.83 Å². The molecular formula is C47H27N3O2. The molecule has 0 saturated heterocycles. The molecule has 0 aliphatic heterocycles. The first-order chi connectivity index (χ1) is 25.7. The van der Waals surface area contributed by atoms with Crippen molar-refractivity contribution in [3.8, 4) is 45.3 Å². The molecule has 0 spiro atoms. The van der Waals surface area contributed by atoms with Crippen molar-refractivity contribution in [3.63, 3.8) is 0 Å². The second-order valence-corrected chi connectivity index (χ2v) is 13.2. The highest BCUT2D eigenvalue weighted by atomic mass is 16.3. The summed E-state index contributed by atoms with van der Waals surface area (Å²) >= 11 is 0. The van der Waals surface area contributed by atoms with Crippen LogP contribution < -0.4 is 0 Å². The normalized spacial score (nSPS) is 11.8. The number of rotatable bonds is 4. The van der Waals surface area contributed by atoms with Gasteiger partial charge in [0.05, 0.1) is 0 Å². The van der Waals surface area contributed by atoms with Crippen LogP contribution in [-0.2, 0) is 0 Å². The lowest BCUT2D eigenvalue weighted by Crippen LogP contribution is -2.01. The number of furan rings is 2. The van der Waals surface area contributed by atoms with Crippen LogP contribution in [0.3, 0.4) is 0 Å². The minimum atomic E-state index is 0.580. The average molecular weight is 666 g/mol. The van der Waals surface area contributed by atoms with E-state index in [0.29, 0.717) is 17.5 Å². The van der Waals surface area contributed by atoms with Crippen molar-refractivity contribution in [1.29, 1.82) is 0 Å². The zero-order valence-electron chi connectivity index (χ0n) is 27.7. The van der Waals surface area contributed by atoms with E-state index in [1.807, 2.05) is 48.5 Å². The average Bonchev–Trinajstić information content (AvgIpc) is 3.79. The molecule has 3 heterocycles. The summed E-state index contributed by atoms with van der Waals surface area (Å²) in [6.07, 6.45) is 0. The number of hydrogen-bond donors (Lipinski definition) is 0. The quantitative estimate of drug-likeness (QED) is 0.187. The lowest BCUT2D eigenvalue weighted by molar-refractivity contribution is 0.668. The van der Waals surface area contributed by atoms with Crippen LogP contribution in [0.25, 0.3) is 111 Å². The number of nitrogens with zero attached hydrogens (tertiary/aromatic N) is 3. The molecule has 52 heavy (non-hydrogen) atoms. The van der Waals surface area contributed by atoms with E-state index in [4.69, 9.17) is 23.8 Å². The molecule has 8 aromatic carbocycles. The molecule has 0 atom stereocenters. The lowest BCUT2D eigenvalue weighted by atomic mass is 9.98. The fourth-order valence-corrected chi connectivity index (χ4v) is 7.68. The van der Waals surface area contributed by atoms with Crippen molar-refractivity contribution in [2.45, 2.75) is 0 Å². The van der Waals surface area contributed by atoms with E-state index < -0.39 is 0 Å². The van der Waals surface area contributed by atoms with Gasteiger partial charge in [0.1, 0.15) is 22.3 Å². The number of hydrogen-bond acceptors (Lipinski definition) is 5. The molecule has 0 N–H and O–H groups in total. The van der Waals surface area contributed by atoms with E-state index in [0.717, 1.165) is 87.7 Å². The molecule has 0 fully saturated rings. The van der Waals surface area contributed by atoms with E-state index in [9.17, 15) is 0 Å². The van der Waals surface area contributed by atoms with Crippen LogP contribution in [-0.4, -0.2) is 15.0 Å². The molecule has 0 unspecified atom stereocenters. The fraction of sp³-hybridized carbons (Fsp3) is 0. The Labute approximate surface area is 297 Å². The molecule has 0 aliphatic rings. The van der Waals surface area contributed by atoms with Gasteiger partial charge in [0.25, 0.3) is 0 Å². The van der Waals surface area contributed by atoms with Crippen LogP contribution in [0.1, 0.15) is 0 Å². The highest BCUT2D eigenvalue weighted by molar-refractivity contribution is 6.22. The Hall–Kier alpha value is -7.11. The maximum atomic E-state index is 6.34. The highest BCUT2D eigenvalue weighted by Gasteiger charge is 2.20. The topological polar surface area (TPSA) is 65.0 Å². The Morgan fingerprint density at radius 2 is 0.865 bits per heavy atom. The number of para-hydroxylation sites is 2. The van der Waals surface area contributed by atoms with E-state index in [1.54, 1.807) is 0 Å². The molecule has 0 aliphatic carbocycles. The molecule has 0 saturated carbocycles. The summed E-state index contributed by atoms with van der Waals surface area (Å²) in [5, 5.41) is 8.50. The molecule has 0 radical (unpaired) electrons. The number of benzene rings is 8. The maximum Gasteiger partial charge on any atom is 0.164 e. The Bertz CT molecular complexity index is 3190. The zero-order valence-corrected chi connectivity index (χ0v) is 27.7. The van der Waals surface area contributed by atoms with Gasteiger partial charge in [0, 0.05) is 43.6 Å². The standard InChI is InChI=1S/C47H27N3O2/c1-2-10-28(11-3-1)31-22-20-29-21-23-32(27-33(29)26-31)45-48-46(50-47(49-45)37-16-9-19-40-43(37)34-13-4-6-17-38(34)51-40)36-15-8-12-30-24-25-41-44(42(30)36)35-14-5-7-18-39(35)52-41/h1-27H. The van der Waals surface area contributed by atoms with Crippen molar-refractivity contribution in [2.75, 3.05) is 0 Å². The Kier molecular flexibility index (Phi) is 6.18. The smallest absolute Gasteiger partial charge is 0.164 e. The molecule has 0 amide bonds. The predicted octanol–water partition coefficient (Wildman–Crippen LogP) is 12.6. The minimum Gasteiger partial charge on any atom is -0.456 e. The molecular weight excluding hydrogens is 639 g/mol. The van der Waals surface area contributed by atoms with Gasteiger partial charge in [0.2, 0.25) is 0 Å².